The van der Waals surface area contributed by atoms with Crippen molar-refractivity contribution < 1.29 is 9.59 Å². The fourth-order valence-corrected chi connectivity index (χ4v) is 2.26. The van der Waals surface area contributed by atoms with E-state index in [1.54, 1.807) is 0 Å². The molecule has 0 saturated carbocycles. The molecule has 0 aromatic heterocycles. The Morgan fingerprint density at radius 3 is 2.76 bits per heavy atom. The minimum atomic E-state index is -0.413. The van der Waals surface area contributed by atoms with Gasteiger partial charge in [-0.1, -0.05) is 6.42 Å². The lowest BCUT2D eigenvalue weighted by molar-refractivity contribution is -0.122. The molecule has 2 fully saturated rings. The highest BCUT2D eigenvalue weighted by atomic mass is 16.2. The third kappa shape index (κ3) is 3.59. The topological polar surface area (TPSA) is 73.5 Å². The third-order valence-electron chi connectivity index (χ3n) is 3.26. The summed E-state index contributed by atoms with van der Waals surface area (Å²) < 4.78 is 0. The van der Waals surface area contributed by atoms with Crippen molar-refractivity contribution in [3.8, 4) is 0 Å². The smallest absolute Gasteiger partial charge is 0.315 e. The second-order valence-electron chi connectivity index (χ2n) is 4.60. The average molecular weight is 240 g/mol. The summed E-state index contributed by atoms with van der Waals surface area (Å²) in [5, 5.41) is 7.99. The van der Waals surface area contributed by atoms with Gasteiger partial charge in [0, 0.05) is 19.6 Å². The number of nitrogens with zero attached hydrogens (tertiary/aromatic N) is 1. The fraction of sp³-hybridized carbons (Fsp3) is 0.818. The molecule has 2 heterocycles. The number of rotatable bonds is 4. The Hall–Kier alpha value is -1.30. The summed E-state index contributed by atoms with van der Waals surface area (Å²) in [6, 6.07) is -0.676. The van der Waals surface area contributed by atoms with Gasteiger partial charge >= 0.3 is 6.03 Å². The number of nitrogens with one attached hydrogen (secondary N) is 3. The van der Waals surface area contributed by atoms with Crippen LogP contribution in [0.4, 0.5) is 4.79 Å². The number of hydrogen-bond donors (Lipinski definition) is 3. The number of hydrogen-bond acceptors (Lipinski definition) is 3. The van der Waals surface area contributed by atoms with Crippen LogP contribution in [0.3, 0.4) is 0 Å². The molecular weight excluding hydrogens is 220 g/mol. The van der Waals surface area contributed by atoms with Crippen LogP contribution in [0.15, 0.2) is 0 Å². The molecular formula is C11H20N4O2. The molecule has 3 N–H and O–H groups in total. The molecule has 1 atom stereocenters. The summed E-state index contributed by atoms with van der Waals surface area (Å²) in [6.45, 7) is 4.22. The van der Waals surface area contributed by atoms with Crippen LogP contribution in [0, 0.1) is 0 Å². The molecule has 2 rings (SSSR count). The van der Waals surface area contributed by atoms with Gasteiger partial charge in [0.1, 0.15) is 6.04 Å². The molecule has 96 valence electrons. The van der Waals surface area contributed by atoms with Crippen molar-refractivity contribution >= 4 is 11.9 Å². The van der Waals surface area contributed by atoms with Crippen LogP contribution in [0.2, 0.25) is 0 Å². The molecule has 1 unspecified atom stereocenters. The van der Waals surface area contributed by atoms with E-state index in [0.29, 0.717) is 13.1 Å². The molecule has 17 heavy (non-hydrogen) atoms. The zero-order valence-electron chi connectivity index (χ0n) is 10.00. The second-order valence-corrected chi connectivity index (χ2v) is 4.60. The van der Waals surface area contributed by atoms with Crippen LogP contribution in [-0.2, 0) is 4.79 Å². The lowest BCUT2D eigenvalue weighted by Gasteiger charge is -2.26. The monoisotopic (exact) mass is 240 g/mol. The summed E-state index contributed by atoms with van der Waals surface area (Å²) >= 11 is 0. The Kier molecular flexibility index (Phi) is 4.19. The Bertz CT molecular complexity index is 289. The van der Waals surface area contributed by atoms with E-state index in [2.05, 4.69) is 20.9 Å². The van der Waals surface area contributed by atoms with Crippen molar-refractivity contribution in [1.29, 1.82) is 0 Å². The first kappa shape index (κ1) is 12.2. The SMILES string of the molecule is O=C1NCC(C(=O)NCCN2CCCCC2)N1. The Morgan fingerprint density at radius 2 is 2.12 bits per heavy atom. The number of carbonyl (C=O) groups is 2. The van der Waals surface area contributed by atoms with Crippen LogP contribution in [-0.4, -0.2) is 55.6 Å². The summed E-state index contributed by atoms with van der Waals surface area (Å²) in [4.78, 5) is 24.9. The molecule has 2 aliphatic heterocycles. The third-order valence-corrected chi connectivity index (χ3v) is 3.26. The molecule has 3 amide bonds. The van der Waals surface area contributed by atoms with Crippen molar-refractivity contribution in [1.82, 2.24) is 20.9 Å². The van der Waals surface area contributed by atoms with Gasteiger partial charge in [-0.25, -0.2) is 4.79 Å². The molecule has 0 radical (unpaired) electrons. The van der Waals surface area contributed by atoms with Crippen LogP contribution in [0.25, 0.3) is 0 Å². The Morgan fingerprint density at radius 1 is 1.35 bits per heavy atom. The minimum Gasteiger partial charge on any atom is -0.353 e. The summed E-state index contributed by atoms with van der Waals surface area (Å²) in [5.74, 6) is -0.0969. The predicted octanol–water partition coefficient (Wildman–Crippen LogP) is -0.730. The van der Waals surface area contributed by atoms with E-state index in [1.165, 1.54) is 19.3 Å². The maximum Gasteiger partial charge on any atom is 0.315 e. The normalized spacial score (nSPS) is 25.2. The number of likely N-dealkylation sites (tertiary alicyclic amines) is 1. The Balaban J connectivity index is 1.61. The highest BCUT2D eigenvalue weighted by molar-refractivity contribution is 5.90. The average Bonchev–Trinajstić information content (AvgIpc) is 2.77. The first-order valence-corrected chi connectivity index (χ1v) is 6.30. The molecule has 6 nitrogen and oxygen atoms in total. The van der Waals surface area contributed by atoms with E-state index < -0.39 is 6.04 Å². The number of carbonyl (C=O) groups excluding carboxylic acids is 2. The molecule has 2 aliphatic rings. The number of piperidine rings is 1. The van der Waals surface area contributed by atoms with Gasteiger partial charge < -0.3 is 20.9 Å². The van der Waals surface area contributed by atoms with Gasteiger partial charge in [-0.05, 0) is 25.9 Å². The summed E-state index contributed by atoms with van der Waals surface area (Å²) in [5.41, 5.74) is 0. The van der Waals surface area contributed by atoms with Gasteiger partial charge in [0.15, 0.2) is 0 Å². The van der Waals surface area contributed by atoms with Crippen molar-refractivity contribution in [3.05, 3.63) is 0 Å². The molecule has 0 spiro atoms. The lowest BCUT2D eigenvalue weighted by Crippen LogP contribution is -2.45. The predicted molar refractivity (Wildman–Crippen MR) is 63.6 cm³/mol. The maximum absolute atomic E-state index is 11.6. The molecule has 0 bridgehead atoms. The molecule has 0 aliphatic carbocycles. The van der Waals surface area contributed by atoms with Gasteiger partial charge in [0.05, 0.1) is 0 Å². The van der Waals surface area contributed by atoms with E-state index in [0.717, 1.165) is 19.6 Å². The minimum absolute atomic E-state index is 0.0969. The quantitative estimate of drug-likeness (QED) is 0.606. The number of amides is 3. The van der Waals surface area contributed by atoms with Crippen molar-refractivity contribution in [2.75, 3.05) is 32.7 Å². The number of urea groups is 1. The van der Waals surface area contributed by atoms with E-state index in [1.807, 2.05) is 0 Å². The van der Waals surface area contributed by atoms with Gasteiger partial charge in [-0.2, -0.15) is 0 Å². The fourth-order valence-electron chi connectivity index (χ4n) is 2.26. The highest BCUT2D eigenvalue weighted by Gasteiger charge is 2.26. The van der Waals surface area contributed by atoms with Gasteiger partial charge in [0.2, 0.25) is 5.91 Å². The molecule has 2 saturated heterocycles. The zero-order chi connectivity index (χ0) is 12.1. The molecule has 6 heteroatoms. The first-order valence-electron chi connectivity index (χ1n) is 6.30. The summed E-state index contributed by atoms with van der Waals surface area (Å²) in [6.07, 6.45) is 3.84. The second kappa shape index (κ2) is 5.86. The van der Waals surface area contributed by atoms with Crippen molar-refractivity contribution in [2.45, 2.75) is 25.3 Å². The van der Waals surface area contributed by atoms with E-state index in [4.69, 9.17) is 0 Å². The molecule has 0 aromatic carbocycles. The van der Waals surface area contributed by atoms with Crippen molar-refractivity contribution in [2.24, 2.45) is 0 Å². The van der Waals surface area contributed by atoms with E-state index >= 15 is 0 Å². The standard InChI is InChI=1S/C11H20N4O2/c16-10(9-8-13-11(17)14-9)12-4-7-15-5-2-1-3-6-15/h9H,1-8H2,(H,12,16)(H2,13,14,17). The first-order chi connectivity index (χ1) is 8.25. The summed E-state index contributed by atoms with van der Waals surface area (Å²) in [7, 11) is 0. The zero-order valence-corrected chi connectivity index (χ0v) is 10.00. The van der Waals surface area contributed by atoms with Crippen LogP contribution in [0.5, 0.6) is 0 Å². The maximum atomic E-state index is 11.6. The van der Waals surface area contributed by atoms with Crippen LogP contribution >= 0.6 is 0 Å². The molecule has 0 aromatic rings. The van der Waals surface area contributed by atoms with Crippen molar-refractivity contribution in [3.63, 3.8) is 0 Å². The highest BCUT2D eigenvalue weighted by Crippen LogP contribution is 2.07. The largest absolute Gasteiger partial charge is 0.353 e. The Labute approximate surface area is 101 Å². The van der Waals surface area contributed by atoms with E-state index in [9.17, 15) is 9.59 Å². The van der Waals surface area contributed by atoms with Crippen LogP contribution < -0.4 is 16.0 Å². The lowest BCUT2D eigenvalue weighted by atomic mass is 10.1. The van der Waals surface area contributed by atoms with Crippen LogP contribution in [0.1, 0.15) is 19.3 Å². The van der Waals surface area contributed by atoms with Gasteiger partial charge in [-0.15, -0.1) is 0 Å². The van der Waals surface area contributed by atoms with Gasteiger partial charge in [-0.3, -0.25) is 4.79 Å². The van der Waals surface area contributed by atoms with Gasteiger partial charge in [0.25, 0.3) is 0 Å². The van der Waals surface area contributed by atoms with E-state index in [-0.39, 0.29) is 11.9 Å².